The van der Waals surface area contributed by atoms with Crippen LogP contribution in [0.15, 0.2) is 60.7 Å². The number of rotatable bonds is 6. The molecule has 0 spiro atoms. The molecule has 6 unspecified atom stereocenters. The molecular weight excluding hydrogens is 540 g/mol. The maximum Gasteiger partial charge on any atom is 0.410 e. The van der Waals surface area contributed by atoms with Crippen LogP contribution < -0.4 is 0 Å². The van der Waals surface area contributed by atoms with Crippen LogP contribution in [0, 0.1) is 22.7 Å². The van der Waals surface area contributed by atoms with Crippen molar-refractivity contribution >= 4 is 24.1 Å². The summed E-state index contributed by atoms with van der Waals surface area (Å²) in [6, 6.07) is 16.6. The number of carbonyl (C=O) groups excluding carboxylic acids is 4. The quantitative estimate of drug-likeness (QED) is 0.380. The lowest BCUT2D eigenvalue weighted by Crippen LogP contribution is -3.03. The molecule has 4 aliphatic heterocycles. The molecule has 8 rings (SSSR count). The first-order valence-corrected chi connectivity index (χ1v) is 14.6. The molecule has 2 saturated carbocycles. The number of piperidine rings is 4. The van der Waals surface area contributed by atoms with Crippen LogP contribution >= 0.6 is 0 Å². The van der Waals surface area contributed by atoms with Crippen LogP contribution in [-0.4, -0.2) is 85.5 Å². The minimum atomic E-state index is -1.30. The first kappa shape index (κ1) is 26.8. The predicted octanol–water partition coefficient (Wildman–Crippen LogP) is 3.56. The summed E-state index contributed by atoms with van der Waals surface area (Å²) in [6.45, 7) is 3.76. The average Bonchev–Trinajstić information content (AvgIpc) is 2.98. The fourth-order valence-corrected chi connectivity index (χ4v) is 10.1. The van der Waals surface area contributed by atoms with Gasteiger partial charge >= 0.3 is 24.1 Å². The van der Waals surface area contributed by atoms with Gasteiger partial charge in [-0.1, -0.05) is 60.7 Å². The van der Waals surface area contributed by atoms with Crippen LogP contribution in [0.25, 0.3) is 0 Å². The highest BCUT2D eigenvalue weighted by atomic mass is 16.6. The van der Waals surface area contributed by atoms with Crippen LogP contribution in [0.5, 0.6) is 0 Å². The Morgan fingerprint density at radius 1 is 0.619 bits per heavy atom. The number of ether oxygens (including phenoxy) is 4. The van der Waals surface area contributed by atoms with E-state index in [1.165, 1.54) is 14.2 Å². The van der Waals surface area contributed by atoms with E-state index in [9.17, 15) is 19.2 Å². The van der Waals surface area contributed by atoms with Gasteiger partial charge in [0.15, 0.2) is 0 Å². The fourth-order valence-electron chi connectivity index (χ4n) is 10.1. The molecule has 0 radical (unpaired) electrons. The number of nitrogens with zero attached hydrogens (tertiary/aromatic N) is 2. The molecule has 4 heterocycles. The minimum absolute atomic E-state index is 0.134. The van der Waals surface area contributed by atoms with Gasteiger partial charge in [-0.15, -0.1) is 0 Å². The van der Waals surface area contributed by atoms with Crippen molar-refractivity contribution in [1.29, 1.82) is 0 Å². The van der Waals surface area contributed by atoms with E-state index >= 15 is 0 Å². The Balaban J connectivity index is 1.57. The Labute approximate surface area is 243 Å². The third kappa shape index (κ3) is 2.76. The molecule has 10 heteroatoms. The summed E-state index contributed by atoms with van der Waals surface area (Å²) in [4.78, 5) is 59.6. The van der Waals surface area contributed by atoms with Crippen LogP contribution in [0.1, 0.15) is 36.8 Å². The van der Waals surface area contributed by atoms with Crippen molar-refractivity contribution in [1.82, 2.24) is 9.80 Å². The Bertz CT molecular complexity index is 1310. The van der Waals surface area contributed by atoms with Crippen molar-refractivity contribution < 1.29 is 38.1 Å². The average molecular weight is 575 g/mol. The normalized spacial score (nSPS) is 37.7. The lowest BCUT2D eigenvalue weighted by molar-refractivity contribution is -0.383. The van der Waals surface area contributed by atoms with E-state index in [0.717, 1.165) is 11.1 Å². The van der Waals surface area contributed by atoms with Crippen molar-refractivity contribution in [2.24, 2.45) is 22.7 Å². The monoisotopic (exact) mass is 574 g/mol. The molecule has 8 bridgehead atoms. The number of esters is 2. The van der Waals surface area contributed by atoms with Gasteiger partial charge in [-0.2, -0.15) is 0 Å². The molecule has 0 aromatic heterocycles. The maximum absolute atomic E-state index is 14.4. The zero-order chi connectivity index (χ0) is 29.6. The Hall–Kier alpha value is -4.08. The second kappa shape index (κ2) is 9.21. The molecule has 6 atom stereocenters. The van der Waals surface area contributed by atoms with E-state index in [0.29, 0.717) is 0 Å². The van der Waals surface area contributed by atoms with Gasteiger partial charge in [-0.3, -0.25) is 19.4 Å². The lowest BCUT2D eigenvalue weighted by atomic mass is 9.23. The highest BCUT2D eigenvalue weighted by molar-refractivity contribution is 5.94. The maximum atomic E-state index is 14.4. The standard InChI is InChI=1S/C32H34N2O8/c1-5-41-27(35)31-21(17-13-9-7-10-14-17)19-25-32(28(36)42-6-2)22(18-15-11-8-12-16-18)20(23(31)33(25)29(37)39-3)24(31)34(26(19)32)30(38)40-4/h7-16,19-26H,5-6H2,1-4H3. The van der Waals surface area contributed by atoms with Crippen LogP contribution in [0.2, 0.25) is 0 Å². The molecule has 6 aliphatic rings. The summed E-state index contributed by atoms with van der Waals surface area (Å²) in [5.74, 6) is -2.74. The Morgan fingerprint density at radius 2 is 0.952 bits per heavy atom. The van der Waals surface area contributed by atoms with Crippen molar-refractivity contribution in [2.45, 2.75) is 49.9 Å². The van der Waals surface area contributed by atoms with E-state index < -0.39 is 82.8 Å². The number of carbonyl (C=O) groups is 4. The molecule has 4 saturated heterocycles. The summed E-state index contributed by atoms with van der Waals surface area (Å²) in [6.07, 6.45) is -1.22. The SMILES string of the molecule is CCOC(=O)C12C(c3ccccc3)C3C4N(C(=O)OC)C1C1C(c5ccccc5)C4(C(=O)OCC)C3N(C(=O)OC)C12. The third-order valence-electron chi connectivity index (χ3n) is 10.8. The van der Waals surface area contributed by atoms with Gasteiger partial charge in [0.05, 0.1) is 51.6 Å². The third-order valence-corrected chi connectivity index (χ3v) is 10.8. The van der Waals surface area contributed by atoms with E-state index in [2.05, 4.69) is 0 Å². The fraction of sp³-hybridized carbons (Fsp3) is 0.500. The van der Waals surface area contributed by atoms with E-state index in [4.69, 9.17) is 18.9 Å². The van der Waals surface area contributed by atoms with E-state index in [1.54, 1.807) is 23.6 Å². The molecule has 10 nitrogen and oxygen atoms in total. The predicted molar refractivity (Wildman–Crippen MR) is 147 cm³/mol. The summed E-state index contributed by atoms with van der Waals surface area (Å²) < 4.78 is 22.3. The van der Waals surface area contributed by atoms with Crippen molar-refractivity contribution in [3.8, 4) is 0 Å². The van der Waals surface area contributed by atoms with Gasteiger partial charge in [0, 0.05) is 23.7 Å². The highest BCUT2D eigenvalue weighted by Gasteiger charge is 2.97. The Morgan fingerprint density at radius 3 is 1.24 bits per heavy atom. The van der Waals surface area contributed by atoms with Crippen molar-refractivity contribution in [3.63, 3.8) is 0 Å². The van der Waals surface area contributed by atoms with Crippen LogP contribution in [0.3, 0.4) is 0 Å². The number of benzene rings is 2. The van der Waals surface area contributed by atoms with E-state index in [1.807, 2.05) is 60.7 Å². The zero-order valence-electron chi connectivity index (χ0n) is 24.0. The molecule has 2 amide bonds. The molecule has 6 fully saturated rings. The largest absolute Gasteiger partial charge is 0.465 e. The molecule has 220 valence electrons. The molecule has 2 aromatic rings. The topological polar surface area (TPSA) is 112 Å². The molecule has 2 aromatic carbocycles. The minimum Gasteiger partial charge on any atom is -0.465 e. The second-order valence-corrected chi connectivity index (χ2v) is 11.8. The van der Waals surface area contributed by atoms with Crippen LogP contribution in [-0.2, 0) is 28.5 Å². The van der Waals surface area contributed by atoms with Gasteiger partial charge in [-0.25, -0.2) is 9.59 Å². The summed E-state index contributed by atoms with van der Waals surface area (Å²) in [7, 11) is 2.62. The first-order valence-electron chi connectivity index (χ1n) is 14.6. The summed E-state index contributed by atoms with van der Waals surface area (Å²) in [5.41, 5.74) is -0.778. The number of hydrogen-bond donors (Lipinski definition) is 0. The smallest absolute Gasteiger partial charge is 0.410 e. The molecule has 0 N–H and O–H groups in total. The number of methoxy groups -OCH3 is 2. The van der Waals surface area contributed by atoms with Gasteiger partial charge in [-0.05, 0) is 25.0 Å². The van der Waals surface area contributed by atoms with Gasteiger partial charge in [0.25, 0.3) is 0 Å². The number of hydrogen-bond acceptors (Lipinski definition) is 8. The molecule has 42 heavy (non-hydrogen) atoms. The Kier molecular flexibility index (Phi) is 5.88. The first-order chi connectivity index (χ1) is 20.4. The highest BCUT2D eigenvalue weighted by Crippen LogP contribution is 2.85. The molecular formula is C32H34N2O8. The number of amides is 2. The van der Waals surface area contributed by atoms with E-state index in [-0.39, 0.29) is 13.2 Å². The lowest BCUT2D eigenvalue weighted by Gasteiger charge is -2.89. The summed E-state index contributed by atoms with van der Waals surface area (Å²) >= 11 is 0. The van der Waals surface area contributed by atoms with Gasteiger partial charge < -0.3 is 18.9 Å². The van der Waals surface area contributed by atoms with Crippen molar-refractivity contribution in [3.05, 3.63) is 71.8 Å². The second-order valence-electron chi connectivity index (χ2n) is 11.8. The van der Waals surface area contributed by atoms with Crippen molar-refractivity contribution in [2.75, 3.05) is 27.4 Å². The summed E-state index contributed by atoms with van der Waals surface area (Å²) in [5, 5.41) is 0. The van der Waals surface area contributed by atoms with Gasteiger partial charge in [0.1, 0.15) is 10.8 Å². The van der Waals surface area contributed by atoms with Gasteiger partial charge in [0.2, 0.25) is 0 Å². The molecule has 2 aliphatic carbocycles. The van der Waals surface area contributed by atoms with Crippen LogP contribution in [0.4, 0.5) is 9.59 Å². The zero-order valence-corrected chi connectivity index (χ0v) is 24.0.